The fraction of sp³-hybridized carbons (Fsp3) is 1.00. The first-order chi connectivity index (χ1) is 9.96. The summed E-state index contributed by atoms with van der Waals surface area (Å²) < 4.78 is 5.86. The Kier molecular flexibility index (Phi) is 4.34. The van der Waals surface area contributed by atoms with Gasteiger partial charge in [0.25, 0.3) is 0 Å². The Bertz CT molecular complexity index is 373. The summed E-state index contributed by atoms with van der Waals surface area (Å²) in [6, 6.07) is 0.780. The summed E-state index contributed by atoms with van der Waals surface area (Å²) in [5, 5.41) is 0. The molecule has 3 rings (SSSR count). The van der Waals surface area contributed by atoms with Crippen molar-refractivity contribution in [2.45, 2.75) is 64.1 Å². The molecule has 4 nitrogen and oxygen atoms in total. The molecule has 0 aromatic carbocycles. The highest BCUT2D eigenvalue weighted by atomic mass is 16.5. The van der Waals surface area contributed by atoms with Gasteiger partial charge in [-0.05, 0) is 32.7 Å². The van der Waals surface area contributed by atoms with E-state index < -0.39 is 0 Å². The van der Waals surface area contributed by atoms with Crippen LogP contribution in [0.1, 0.15) is 46.5 Å². The third kappa shape index (κ3) is 2.76. The number of fused-ring (bicyclic) bond motifs is 1. The van der Waals surface area contributed by atoms with Crippen molar-refractivity contribution in [1.29, 1.82) is 0 Å². The van der Waals surface area contributed by atoms with Gasteiger partial charge in [0.15, 0.2) is 0 Å². The number of piperazine rings is 1. The number of hydrogen-bond donors (Lipinski definition) is 1. The Balaban J connectivity index is 1.57. The van der Waals surface area contributed by atoms with Crippen molar-refractivity contribution in [1.82, 2.24) is 9.80 Å². The minimum atomic E-state index is -0.0797. The van der Waals surface area contributed by atoms with Crippen LogP contribution in [-0.2, 0) is 4.74 Å². The number of piperidine rings is 1. The number of hydrogen-bond acceptors (Lipinski definition) is 4. The molecular weight excluding hydrogens is 262 g/mol. The third-order valence-corrected chi connectivity index (χ3v) is 6.43. The molecule has 21 heavy (non-hydrogen) atoms. The standard InChI is InChI=1S/C17H33N3O/c1-4-21-15-11-17(18,16(15,2)3)13-19-9-10-20-8-6-5-7-14(20)12-19/h14-15H,4-13,18H2,1-3H3. The predicted molar refractivity (Wildman–Crippen MR) is 86.4 cm³/mol. The van der Waals surface area contributed by atoms with Crippen molar-refractivity contribution in [3.8, 4) is 0 Å². The van der Waals surface area contributed by atoms with Gasteiger partial charge in [-0.15, -0.1) is 0 Å². The van der Waals surface area contributed by atoms with Crippen molar-refractivity contribution >= 4 is 0 Å². The topological polar surface area (TPSA) is 41.7 Å². The zero-order valence-electron chi connectivity index (χ0n) is 14.1. The molecule has 2 heterocycles. The van der Waals surface area contributed by atoms with Crippen LogP contribution < -0.4 is 5.73 Å². The lowest BCUT2D eigenvalue weighted by molar-refractivity contribution is -0.159. The van der Waals surface area contributed by atoms with E-state index in [1.165, 1.54) is 45.4 Å². The highest BCUT2D eigenvalue weighted by Gasteiger charge is 2.59. The molecule has 1 saturated carbocycles. The molecule has 122 valence electrons. The SMILES string of the molecule is CCOC1CC(N)(CN2CCN3CCCCC3C2)C1(C)C. The van der Waals surface area contributed by atoms with Crippen LogP contribution in [0.2, 0.25) is 0 Å². The number of nitrogens with zero attached hydrogens (tertiary/aromatic N) is 2. The average molecular weight is 295 g/mol. The zero-order valence-corrected chi connectivity index (χ0v) is 14.1. The highest BCUT2D eigenvalue weighted by molar-refractivity contribution is 5.15. The van der Waals surface area contributed by atoms with Gasteiger partial charge in [-0.2, -0.15) is 0 Å². The molecular formula is C17H33N3O. The van der Waals surface area contributed by atoms with Crippen molar-refractivity contribution in [3.05, 3.63) is 0 Å². The molecule has 2 saturated heterocycles. The number of ether oxygens (including phenoxy) is 1. The minimum absolute atomic E-state index is 0.0797. The van der Waals surface area contributed by atoms with Crippen molar-refractivity contribution in [3.63, 3.8) is 0 Å². The second kappa shape index (κ2) is 5.80. The summed E-state index contributed by atoms with van der Waals surface area (Å²) in [6.07, 6.45) is 5.52. The van der Waals surface area contributed by atoms with Crippen LogP contribution in [0, 0.1) is 5.41 Å². The van der Waals surface area contributed by atoms with Gasteiger partial charge in [-0.1, -0.05) is 20.3 Å². The normalized spacial score (nSPS) is 40.6. The highest BCUT2D eigenvalue weighted by Crippen LogP contribution is 2.50. The quantitative estimate of drug-likeness (QED) is 0.857. The minimum Gasteiger partial charge on any atom is -0.378 e. The summed E-state index contributed by atoms with van der Waals surface area (Å²) >= 11 is 0. The number of rotatable bonds is 4. The maximum atomic E-state index is 6.76. The molecule has 4 heteroatoms. The maximum Gasteiger partial charge on any atom is 0.0662 e. The van der Waals surface area contributed by atoms with Gasteiger partial charge in [-0.3, -0.25) is 9.80 Å². The van der Waals surface area contributed by atoms with Gasteiger partial charge in [0.2, 0.25) is 0 Å². The van der Waals surface area contributed by atoms with Crippen LogP contribution in [0.3, 0.4) is 0 Å². The molecule has 2 aliphatic heterocycles. The monoisotopic (exact) mass is 295 g/mol. The third-order valence-electron chi connectivity index (χ3n) is 6.43. The fourth-order valence-electron chi connectivity index (χ4n) is 4.54. The Labute approximate surface area is 130 Å². The Hall–Kier alpha value is -0.160. The van der Waals surface area contributed by atoms with E-state index in [1.807, 2.05) is 0 Å². The first kappa shape index (κ1) is 15.7. The van der Waals surface area contributed by atoms with E-state index in [4.69, 9.17) is 10.5 Å². The predicted octanol–water partition coefficient (Wildman–Crippen LogP) is 1.69. The van der Waals surface area contributed by atoms with E-state index in [0.29, 0.717) is 6.10 Å². The van der Waals surface area contributed by atoms with E-state index >= 15 is 0 Å². The molecule has 0 aromatic rings. The molecule has 0 amide bonds. The first-order valence-corrected chi connectivity index (χ1v) is 8.83. The molecule has 3 aliphatic rings. The molecule has 0 bridgehead atoms. The fourth-order valence-corrected chi connectivity index (χ4v) is 4.54. The lowest BCUT2D eigenvalue weighted by Gasteiger charge is -2.61. The van der Waals surface area contributed by atoms with Crippen LogP contribution in [0.4, 0.5) is 0 Å². The summed E-state index contributed by atoms with van der Waals surface area (Å²) in [4.78, 5) is 5.31. The Morgan fingerprint density at radius 3 is 2.71 bits per heavy atom. The smallest absolute Gasteiger partial charge is 0.0662 e. The van der Waals surface area contributed by atoms with E-state index in [1.54, 1.807) is 0 Å². The van der Waals surface area contributed by atoms with Crippen LogP contribution in [0.5, 0.6) is 0 Å². The van der Waals surface area contributed by atoms with Crippen molar-refractivity contribution < 1.29 is 4.74 Å². The van der Waals surface area contributed by atoms with Gasteiger partial charge in [0, 0.05) is 49.8 Å². The van der Waals surface area contributed by atoms with Gasteiger partial charge >= 0.3 is 0 Å². The van der Waals surface area contributed by atoms with Crippen LogP contribution >= 0.6 is 0 Å². The van der Waals surface area contributed by atoms with E-state index in [9.17, 15) is 0 Å². The van der Waals surface area contributed by atoms with Gasteiger partial charge in [0.05, 0.1) is 6.10 Å². The number of nitrogens with two attached hydrogens (primary N) is 1. The average Bonchev–Trinajstić information content (AvgIpc) is 2.47. The van der Waals surface area contributed by atoms with Crippen molar-refractivity contribution in [2.24, 2.45) is 11.1 Å². The zero-order chi connectivity index (χ0) is 15.1. The summed E-state index contributed by atoms with van der Waals surface area (Å²) in [5.74, 6) is 0. The largest absolute Gasteiger partial charge is 0.378 e. The molecule has 1 aliphatic carbocycles. The van der Waals surface area contributed by atoms with Gasteiger partial charge in [0.1, 0.15) is 0 Å². The summed E-state index contributed by atoms with van der Waals surface area (Å²) in [7, 11) is 0. The van der Waals surface area contributed by atoms with Crippen LogP contribution in [-0.4, -0.2) is 66.8 Å². The Morgan fingerprint density at radius 1 is 1.19 bits per heavy atom. The molecule has 0 radical (unpaired) electrons. The molecule has 3 unspecified atom stereocenters. The van der Waals surface area contributed by atoms with Gasteiger partial charge < -0.3 is 10.5 Å². The Morgan fingerprint density at radius 2 is 2.00 bits per heavy atom. The first-order valence-electron chi connectivity index (χ1n) is 8.83. The van der Waals surface area contributed by atoms with Crippen LogP contribution in [0.25, 0.3) is 0 Å². The van der Waals surface area contributed by atoms with Gasteiger partial charge in [-0.25, -0.2) is 0 Å². The van der Waals surface area contributed by atoms with Crippen LogP contribution in [0.15, 0.2) is 0 Å². The molecule has 3 atom stereocenters. The summed E-state index contributed by atoms with van der Waals surface area (Å²) in [6.45, 7) is 13.4. The lowest BCUT2D eigenvalue weighted by atomic mass is 9.54. The van der Waals surface area contributed by atoms with E-state index in [2.05, 4.69) is 30.6 Å². The molecule has 2 N–H and O–H groups in total. The molecule has 0 aromatic heterocycles. The van der Waals surface area contributed by atoms with E-state index in [-0.39, 0.29) is 11.0 Å². The second-order valence-corrected chi connectivity index (χ2v) is 7.95. The molecule has 0 spiro atoms. The second-order valence-electron chi connectivity index (χ2n) is 7.95. The van der Waals surface area contributed by atoms with Crippen molar-refractivity contribution in [2.75, 3.05) is 39.3 Å². The molecule has 3 fully saturated rings. The van der Waals surface area contributed by atoms with E-state index in [0.717, 1.165) is 25.6 Å². The maximum absolute atomic E-state index is 6.76. The lowest BCUT2D eigenvalue weighted by Crippen LogP contribution is -2.74. The summed E-state index contributed by atoms with van der Waals surface area (Å²) in [5.41, 5.74) is 6.78.